The summed E-state index contributed by atoms with van der Waals surface area (Å²) in [6, 6.07) is 9.14. The lowest BCUT2D eigenvalue weighted by Crippen LogP contribution is -2.22. The molecular weight excluding hydrogens is 317 g/mol. The van der Waals surface area contributed by atoms with E-state index in [9.17, 15) is 9.18 Å². The molecule has 7 nitrogen and oxygen atoms in total. The van der Waals surface area contributed by atoms with E-state index < -0.39 is 11.7 Å². The highest BCUT2D eigenvalue weighted by molar-refractivity contribution is 5.91. The predicted octanol–water partition coefficient (Wildman–Crippen LogP) is 2.80. The van der Waals surface area contributed by atoms with Gasteiger partial charge in [0.25, 0.3) is 11.9 Å². The van der Waals surface area contributed by atoms with Crippen LogP contribution in [0, 0.1) is 5.82 Å². The Labute approximate surface area is 136 Å². The zero-order valence-electron chi connectivity index (χ0n) is 12.8. The molecule has 1 aromatic carbocycles. The van der Waals surface area contributed by atoms with Crippen LogP contribution in [-0.4, -0.2) is 22.7 Å². The number of benzene rings is 1. The summed E-state index contributed by atoms with van der Waals surface area (Å²) in [6.07, 6.45) is 0. The molecular formula is C16H14FN3O4. The molecule has 3 aromatic rings. The summed E-state index contributed by atoms with van der Waals surface area (Å²) in [6.45, 7) is 2.24. The summed E-state index contributed by atoms with van der Waals surface area (Å²) in [4.78, 5) is 16.0. The van der Waals surface area contributed by atoms with E-state index in [1.165, 1.54) is 12.1 Å². The highest BCUT2D eigenvalue weighted by Gasteiger charge is 2.15. The zero-order chi connectivity index (χ0) is 16.9. The Bertz CT molecular complexity index is 843. The van der Waals surface area contributed by atoms with Crippen molar-refractivity contribution in [1.29, 1.82) is 0 Å². The van der Waals surface area contributed by atoms with Crippen LogP contribution in [0.1, 0.15) is 23.4 Å². The maximum Gasteiger partial charge on any atom is 0.287 e. The first-order valence-electron chi connectivity index (χ1n) is 7.25. The van der Waals surface area contributed by atoms with Crippen LogP contribution in [0.15, 0.2) is 45.3 Å². The average Bonchev–Trinajstić information content (AvgIpc) is 3.23. The standard InChI is InChI=1S/C16H14FN3O4/c1-2-22-14-8-7-12(23-14)16(21)18-9-13-19-15(20-24-13)10-5-3-4-6-11(10)17/h3-8H,2,9H2,1H3,(H,18,21). The molecule has 1 N–H and O–H groups in total. The molecule has 0 saturated heterocycles. The van der Waals surface area contributed by atoms with E-state index in [4.69, 9.17) is 13.7 Å². The van der Waals surface area contributed by atoms with Crippen LogP contribution in [0.25, 0.3) is 11.4 Å². The number of hydrogen-bond acceptors (Lipinski definition) is 6. The molecule has 8 heteroatoms. The average molecular weight is 331 g/mol. The first-order valence-corrected chi connectivity index (χ1v) is 7.25. The molecule has 0 unspecified atom stereocenters. The number of ether oxygens (including phenoxy) is 1. The summed E-state index contributed by atoms with van der Waals surface area (Å²) in [7, 11) is 0. The lowest BCUT2D eigenvalue weighted by atomic mass is 10.2. The maximum absolute atomic E-state index is 13.7. The molecule has 2 aromatic heterocycles. The van der Waals surface area contributed by atoms with Crippen molar-refractivity contribution < 1.29 is 22.9 Å². The van der Waals surface area contributed by atoms with Crippen LogP contribution in [0.2, 0.25) is 0 Å². The molecule has 0 radical (unpaired) electrons. The van der Waals surface area contributed by atoms with Crippen molar-refractivity contribution in [3.8, 4) is 17.3 Å². The third-order valence-electron chi connectivity index (χ3n) is 3.07. The van der Waals surface area contributed by atoms with Crippen LogP contribution in [0.3, 0.4) is 0 Å². The van der Waals surface area contributed by atoms with Gasteiger partial charge >= 0.3 is 0 Å². The molecule has 0 fully saturated rings. The first-order chi connectivity index (χ1) is 11.7. The number of hydrogen-bond donors (Lipinski definition) is 1. The molecule has 3 rings (SSSR count). The van der Waals surface area contributed by atoms with Crippen LogP contribution in [0.4, 0.5) is 4.39 Å². The fourth-order valence-electron chi connectivity index (χ4n) is 1.98. The molecule has 0 aliphatic heterocycles. The fourth-order valence-corrected chi connectivity index (χ4v) is 1.98. The molecule has 124 valence electrons. The van der Waals surface area contributed by atoms with Crippen LogP contribution < -0.4 is 10.1 Å². The van der Waals surface area contributed by atoms with E-state index in [0.717, 1.165) is 0 Å². The third kappa shape index (κ3) is 3.43. The molecule has 24 heavy (non-hydrogen) atoms. The van der Waals surface area contributed by atoms with Gasteiger partial charge in [-0.05, 0) is 25.1 Å². The molecule has 0 aliphatic rings. The van der Waals surface area contributed by atoms with Gasteiger partial charge < -0.3 is 19.0 Å². The van der Waals surface area contributed by atoms with Gasteiger partial charge in [0, 0.05) is 6.07 Å². The van der Waals surface area contributed by atoms with Crippen molar-refractivity contribution in [2.75, 3.05) is 6.61 Å². The Hall–Kier alpha value is -3.16. The number of halogens is 1. The third-order valence-corrected chi connectivity index (χ3v) is 3.07. The number of nitrogens with zero attached hydrogens (tertiary/aromatic N) is 2. The highest BCUT2D eigenvalue weighted by atomic mass is 19.1. The van der Waals surface area contributed by atoms with Crippen molar-refractivity contribution in [3.63, 3.8) is 0 Å². The van der Waals surface area contributed by atoms with Gasteiger partial charge in [-0.2, -0.15) is 4.98 Å². The summed E-state index contributed by atoms with van der Waals surface area (Å²) >= 11 is 0. The molecule has 0 atom stereocenters. The molecule has 0 aliphatic carbocycles. The molecule has 0 saturated carbocycles. The number of furan rings is 1. The van der Waals surface area contributed by atoms with Gasteiger partial charge in [0.05, 0.1) is 18.7 Å². The second kappa shape index (κ2) is 6.95. The Morgan fingerprint density at radius 3 is 2.92 bits per heavy atom. The summed E-state index contributed by atoms with van der Waals surface area (Å²) in [5, 5.41) is 6.28. The molecule has 0 spiro atoms. The van der Waals surface area contributed by atoms with Crippen molar-refractivity contribution in [2.24, 2.45) is 0 Å². The van der Waals surface area contributed by atoms with E-state index in [1.54, 1.807) is 24.3 Å². The van der Waals surface area contributed by atoms with Gasteiger partial charge in [-0.15, -0.1) is 0 Å². The summed E-state index contributed by atoms with van der Waals surface area (Å²) in [5.41, 5.74) is 0.228. The van der Waals surface area contributed by atoms with Crippen LogP contribution in [-0.2, 0) is 6.54 Å². The van der Waals surface area contributed by atoms with Crippen molar-refractivity contribution in [2.45, 2.75) is 13.5 Å². The number of carbonyl (C=O) groups is 1. The van der Waals surface area contributed by atoms with Crippen molar-refractivity contribution in [3.05, 3.63) is 53.9 Å². The summed E-state index contributed by atoms with van der Waals surface area (Å²) in [5.74, 6) is -0.263. The minimum atomic E-state index is -0.452. The maximum atomic E-state index is 13.7. The van der Waals surface area contributed by atoms with Gasteiger partial charge in [-0.1, -0.05) is 17.3 Å². The second-order valence-corrected chi connectivity index (χ2v) is 4.73. The number of nitrogens with one attached hydrogen (secondary N) is 1. The zero-order valence-corrected chi connectivity index (χ0v) is 12.8. The van der Waals surface area contributed by atoms with E-state index in [0.29, 0.717) is 6.61 Å². The SMILES string of the molecule is CCOc1ccc(C(=O)NCc2nc(-c3ccccc3F)no2)o1. The Balaban J connectivity index is 1.63. The summed E-state index contributed by atoms with van der Waals surface area (Å²) < 4.78 is 29.0. The normalized spacial score (nSPS) is 10.6. The topological polar surface area (TPSA) is 90.4 Å². The van der Waals surface area contributed by atoms with E-state index in [-0.39, 0.29) is 35.5 Å². The van der Waals surface area contributed by atoms with Gasteiger partial charge in [0.15, 0.2) is 5.76 Å². The number of amides is 1. The minimum Gasteiger partial charge on any atom is -0.465 e. The quantitative estimate of drug-likeness (QED) is 0.747. The highest BCUT2D eigenvalue weighted by Crippen LogP contribution is 2.19. The van der Waals surface area contributed by atoms with E-state index in [2.05, 4.69) is 15.5 Å². The van der Waals surface area contributed by atoms with Gasteiger partial charge in [0.2, 0.25) is 11.7 Å². The van der Waals surface area contributed by atoms with Gasteiger partial charge in [-0.25, -0.2) is 4.39 Å². The van der Waals surface area contributed by atoms with Crippen LogP contribution >= 0.6 is 0 Å². The number of carbonyl (C=O) groups excluding carboxylic acids is 1. The fraction of sp³-hybridized carbons (Fsp3) is 0.188. The monoisotopic (exact) mass is 331 g/mol. The predicted molar refractivity (Wildman–Crippen MR) is 80.7 cm³/mol. The molecule has 2 heterocycles. The Morgan fingerprint density at radius 2 is 2.12 bits per heavy atom. The first kappa shape index (κ1) is 15.7. The van der Waals surface area contributed by atoms with Crippen LogP contribution in [0.5, 0.6) is 5.95 Å². The van der Waals surface area contributed by atoms with E-state index in [1.807, 2.05) is 6.92 Å². The van der Waals surface area contributed by atoms with Crippen molar-refractivity contribution >= 4 is 5.91 Å². The van der Waals surface area contributed by atoms with E-state index >= 15 is 0 Å². The molecule has 1 amide bonds. The Kier molecular flexibility index (Phi) is 4.55. The molecule has 0 bridgehead atoms. The lowest BCUT2D eigenvalue weighted by Gasteiger charge is -1.99. The number of rotatable bonds is 6. The largest absolute Gasteiger partial charge is 0.465 e. The second-order valence-electron chi connectivity index (χ2n) is 4.73. The van der Waals surface area contributed by atoms with Gasteiger partial charge in [-0.3, -0.25) is 4.79 Å². The Morgan fingerprint density at radius 1 is 1.29 bits per heavy atom. The minimum absolute atomic E-state index is 0.00897. The number of aromatic nitrogens is 2. The van der Waals surface area contributed by atoms with Gasteiger partial charge in [0.1, 0.15) is 5.82 Å². The smallest absolute Gasteiger partial charge is 0.287 e. The lowest BCUT2D eigenvalue weighted by molar-refractivity contribution is 0.0910. The van der Waals surface area contributed by atoms with Crippen molar-refractivity contribution in [1.82, 2.24) is 15.5 Å².